The first-order valence-electron chi connectivity index (χ1n) is 3.15. The van der Waals surface area contributed by atoms with Crippen molar-refractivity contribution < 1.29 is 4.79 Å². The van der Waals surface area contributed by atoms with Crippen molar-refractivity contribution in [3.05, 3.63) is 18.1 Å². The molecule has 58 valence electrons. The van der Waals surface area contributed by atoms with E-state index in [-0.39, 0.29) is 5.12 Å². The second kappa shape index (κ2) is 3.48. The first-order valence-corrected chi connectivity index (χ1v) is 3.97. The Kier molecular flexibility index (Phi) is 2.59. The third-order valence-electron chi connectivity index (χ3n) is 0.981. The highest BCUT2D eigenvalue weighted by molar-refractivity contribution is 8.13. The van der Waals surface area contributed by atoms with Gasteiger partial charge in [-0.1, -0.05) is 0 Å². The van der Waals surface area contributed by atoms with Gasteiger partial charge in [-0.3, -0.25) is 9.78 Å². The molecule has 1 rings (SSSR count). The van der Waals surface area contributed by atoms with Gasteiger partial charge < -0.3 is 0 Å². The number of carbonyl (C=O) groups excluding carboxylic acids is 1. The Labute approximate surface area is 69.3 Å². The zero-order valence-electron chi connectivity index (χ0n) is 6.37. The third kappa shape index (κ3) is 2.67. The van der Waals surface area contributed by atoms with Gasteiger partial charge in [-0.2, -0.15) is 0 Å². The van der Waals surface area contributed by atoms with Gasteiger partial charge in [0.1, 0.15) is 5.03 Å². The predicted octanol–water partition coefficient (Wildman–Crippen LogP) is 1.42. The van der Waals surface area contributed by atoms with Crippen LogP contribution in [0.5, 0.6) is 0 Å². The maximum absolute atomic E-state index is 10.6. The normalized spacial score (nSPS) is 9.64. The molecule has 0 spiro atoms. The van der Waals surface area contributed by atoms with Crippen LogP contribution in [0.3, 0.4) is 0 Å². The molecular formula is C7H8N2OS. The van der Waals surface area contributed by atoms with Crippen LogP contribution < -0.4 is 0 Å². The van der Waals surface area contributed by atoms with Crippen molar-refractivity contribution in [1.29, 1.82) is 0 Å². The Morgan fingerprint density at radius 1 is 1.55 bits per heavy atom. The van der Waals surface area contributed by atoms with Crippen LogP contribution in [0.2, 0.25) is 0 Å². The van der Waals surface area contributed by atoms with Crippen molar-refractivity contribution in [1.82, 2.24) is 9.97 Å². The number of hydrogen-bond acceptors (Lipinski definition) is 4. The van der Waals surface area contributed by atoms with E-state index in [0.29, 0.717) is 5.03 Å². The highest BCUT2D eigenvalue weighted by Gasteiger charge is 1.99. The van der Waals surface area contributed by atoms with Gasteiger partial charge in [-0.05, 0) is 18.7 Å². The molecule has 0 atom stereocenters. The summed E-state index contributed by atoms with van der Waals surface area (Å²) in [6.07, 6.45) is 3.24. The number of aromatic nitrogens is 2. The Morgan fingerprint density at radius 3 is 2.82 bits per heavy atom. The Balaban J connectivity index is 2.79. The molecule has 1 aromatic heterocycles. The zero-order chi connectivity index (χ0) is 8.27. The molecule has 1 aromatic rings. The van der Waals surface area contributed by atoms with Crippen molar-refractivity contribution in [2.75, 3.05) is 0 Å². The van der Waals surface area contributed by atoms with E-state index in [1.165, 1.54) is 6.92 Å². The number of thioether (sulfide) groups is 1. The molecule has 0 aliphatic heterocycles. The molecule has 0 aliphatic carbocycles. The van der Waals surface area contributed by atoms with Gasteiger partial charge in [0.05, 0.1) is 11.9 Å². The summed E-state index contributed by atoms with van der Waals surface area (Å²) in [7, 11) is 0. The molecular weight excluding hydrogens is 160 g/mol. The fraction of sp³-hybridized carbons (Fsp3) is 0.286. The first kappa shape index (κ1) is 8.20. The van der Waals surface area contributed by atoms with Gasteiger partial charge in [-0.15, -0.1) is 0 Å². The van der Waals surface area contributed by atoms with Crippen LogP contribution in [0.1, 0.15) is 12.6 Å². The van der Waals surface area contributed by atoms with Crippen LogP contribution in [0.25, 0.3) is 0 Å². The number of rotatable bonds is 1. The van der Waals surface area contributed by atoms with E-state index in [1.54, 1.807) is 12.4 Å². The van der Waals surface area contributed by atoms with Crippen molar-refractivity contribution >= 4 is 16.9 Å². The summed E-state index contributed by atoms with van der Waals surface area (Å²) in [5, 5.41) is 0.697. The predicted molar refractivity (Wildman–Crippen MR) is 43.3 cm³/mol. The minimum atomic E-state index is 0.0323. The van der Waals surface area contributed by atoms with Gasteiger partial charge in [0, 0.05) is 13.1 Å². The molecule has 0 unspecified atom stereocenters. The highest BCUT2D eigenvalue weighted by atomic mass is 32.2. The van der Waals surface area contributed by atoms with Crippen molar-refractivity contribution in [2.45, 2.75) is 18.9 Å². The maximum Gasteiger partial charge on any atom is 0.192 e. The van der Waals surface area contributed by atoms with Gasteiger partial charge >= 0.3 is 0 Å². The number of carbonyl (C=O) groups is 1. The Morgan fingerprint density at radius 2 is 2.27 bits per heavy atom. The van der Waals surface area contributed by atoms with Crippen LogP contribution in [0.4, 0.5) is 0 Å². The first-order chi connectivity index (χ1) is 5.18. The summed E-state index contributed by atoms with van der Waals surface area (Å²) >= 11 is 1.10. The minimum absolute atomic E-state index is 0.0323. The summed E-state index contributed by atoms with van der Waals surface area (Å²) in [4.78, 5) is 18.6. The molecule has 0 amide bonds. The van der Waals surface area contributed by atoms with Crippen molar-refractivity contribution in [3.8, 4) is 0 Å². The number of nitrogens with zero attached hydrogens (tertiary/aromatic N) is 2. The summed E-state index contributed by atoms with van der Waals surface area (Å²) in [5.41, 5.74) is 0.830. The minimum Gasteiger partial charge on any atom is -0.287 e. The number of hydrogen-bond donors (Lipinski definition) is 0. The third-order valence-corrected chi connectivity index (χ3v) is 1.67. The monoisotopic (exact) mass is 168 g/mol. The molecule has 11 heavy (non-hydrogen) atoms. The van der Waals surface area contributed by atoms with E-state index >= 15 is 0 Å². The van der Waals surface area contributed by atoms with Gasteiger partial charge in [0.25, 0.3) is 0 Å². The van der Waals surface area contributed by atoms with Crippen molar-refractivity contribution in [2.24, 2.45) is 0 Å². The lowest BCUT2D eigenvalue weighted by molar-refractivity contribution is -0.109. The largest absolute Gasteiger partial charge is 0.287 e. The molecule has 0 fully saturated rings. The van der Waals surface area contributed by atoms with E-state index in [1.807, 2.05) is 6.92 Å². The van der Waals surface area contributed by atoms with Crippen LogP contribution in [0, 0.1) is 6.92 Å². The highest BCUT2D eigenvalue weighted by Crippen LogP contribution is 2.13. The molecule has 0 N–H and O–H groups in total. The van der Waals surface area contributed by atoms with Crippen LogP contribution in [-0.4, -0.2) is 15.1 Å². The Hall–Kier alpha value is -0.900. The maximum atomic E-state index is 10.6. The average Bonchev–Trinajstić information content (AvgIpc) is 1.85. The average molecular weight is 168 g/mol. The van der Waals surface area contributed by atoms with Crippen molar-refractivity contribution in [3.63, 3.8) is 0 Å². The standard InChI is InChI=1S/C7H8N2OS/c1-5-3-8-4-7(9-5)11-6(2)10/h3-4H,1-2H3. The molecule has 3 nitrogen and oxygen atoms in total. The van der Waals surface area contributed by atoms with E-state index in [4.69, 9.17) is 0 Å². The summed E-state index contributed by atoms with van der Waals surface area (Å²) < 4.78 is 0. The van der Waals surface area contributed by atoms with E-state index in [2.05, 4.69) is 9.97 Å². The fourth-order valence-electron chi connectivity index (χ4n) is 0.637. The van der Waals surface area contributed by atoms with E-state index in [0.717, 1.165) is 17.5 Å². The molecule has 0 saturated heterocycles. The smallest absolute Gasteiger partial charge is 0.192 e. The molecule has 0 saturated carbocycles. The van der Waals surface area contributed by atoms with Gasteiger partial charge in [0.2, 0.25) is 0 Å². The van der Waals surface area contributed by atoms with Crippen LogP contribution in [-0.2, 0) is 4.79 Å². The lowest BCUT2D eigenvalue weighted by Crippen LogP contribution is -1.89. The fourth-order valence-corrected chi connectivity index (χ4v) is 1.23. The zero-order valence-corrected chi connectivity index (χ0v) is 7.18. The van der Waals surface area contributed by atoms with E-state index < -0.39 is 0 Å². The SMILES string of the molecule is CC(=O)Sc1cncc(C)n1. The summed E-state index contributed by atoms with van der Waals surface area (Å²) in [5.74, 6) is 0. The second-order valence-corrected chi connectivity index (χ2v) is 3.29. The molecule has 0 bridgehead atoms. The molecule has 0 aliphatic rings. The quantitative estimate of drug-likeness (QED) is 0.595. The summed E-state index contributed by atoms with van der Waals surface area (Å²) in [6, 6.07) is 0. The topological polar surface area (TPSA) is 42.9 Å². The molecule has 0 radical (unpaired) electrons. The second-order valence-electron chi connectivity index (χ2n) is 2.09. The molecule has 0 aromatic carbocycles. The molecule has 4 heteroatoms. The lowest BCUT2D eigenvalue weighted by Gasteiger charge is -1.95. The number of aryl methyl sites for hydroxylation is 1. The Bertz CT molecular complexity index is 275. The lowest BCUT2D eigenvalue weighted by atomic mass is 10.5. The van der Waals surface area contributed by atoms with Crippen LogP contribution >= 0.6 is 11.8 Å². The van der Waals surface area contributed by atoms with Crippen LogP contribution in [0.15, 0.2) is 17.4 Å². The van der Waals surface area contributed by atoms with Gasteiger partial charge in [-0.25, -0.2) is 4.98 Å². The van der Waals surface area contributed by atoms with E-state index in [9.17, 15) is 4.79 Å². The van der Waals surface area contributed by atoms with Gasteiger partial charge in [0.15, 0.2) is 5.12 Å². The summed E-state index contributed by atoms with van der Waals surface area (Å²) in [6.45, 7) is 3.35. The molecule has 1 heterocycles.